The number of hydrogen-bond donors (Lipinski definition) is 0. The predicted octanol–water partition coefficient (Wildman–Crippen LogP) is 3.78. The molecule has 0 heterocycles. The lowest BCUT2D eigenvalue weighted by Crippen LogP contribution is -2.57. The highest BCUT2D eigenvalue weighted by molar-refractivity contribution is 6.96. The molecule has 7 heteroatoms. The second-order valence-corrected chi connectivity index (χ2v) is 14.4. The van der Waals surface area contributed by atoms with Crippen LogP contribution in [0.25, 0.3) is 0 Å². The van der Waals surface area contributed by atoms with Crippen LogP contribution < -0.4 is 10.4 Å². The summed E-state index contributed by atoms with van der Waals surface area (Å²) >= 11 is 0. The Hall–Kier alpha value is -1.45. The van der Waals surface area contributed by atoms with Crippen molar-refractivity contribution in [3.8, 4) is 0 Å². The van der Waals surface area contributed by atoms with Crippen LogP contribution in [0.1, 0.15) is 0 Å². The molecule has 0 N–H and O–H groups in total. The molecule has 0 aliphatic heterocycles. The normalized spacial score (nSPS) is 12.5. The third kappa shape index (κ3) is 3.91. The fraction of sp³-hybridized carbons (Fsp3) is 0.250. The average Bonchev–Trinajstić information content (AvgIpc) is 2.43. The third-order valence-corrected chi connectivity index (χ3v) is 11.2. The molecule has 0 aliphatic carbocycles. The highest BCUT2D eigenvalue weighted by Crippen LogP contribution is 2.17. The van der Waals surface area contributed by atoms with Crippen molar-refractivity contribution < 1.29 is 21.7 Å². The van der Waals surface area contributed by atoms with Gasteiger partial charge in [0.05, 0.1) is 0 Å². The van der Waals surface area contributed by atoms with Gasteiger partial charge in [0.1, 0.15) is 0 Å². The third-order valence-electron chi connectivity index (χ3n) is 3.74. The zero-order valence-electron chi connectivity index (χ0n) is 13.4. The zero-order valence-corrected chi connectivity index (χ0v) is 15.4. The van der Waals surface area contributed by atoms with E-state index in [1.54, 1.807) is 0 Å². The maximum atomic E-state index is 13.5. The Balaban J connectivity index is 2.33. The summed E-state index contributed by atoms with van der Waals surface area (Å²) in [5.41, 5.74) is 0. The molecule has 0 aromatic heterocycles. The van der Waals surface area contributed by atoms with E-state index in [1.165, 1.54) is 12.1 Å². The molecule has 0 atom stereocenters. The smallest absolute Gasteiger partial charge is 0.206 e. The van der Waals surface area contributed by atoms with E-state index in [2.05, 4.69) is 0 Å². The first kappa shape index (κ1) is 17.9. The molecule has 2 rings (SSSR count). The quantitative estimate of drug-likeness (QED) is 0.597. The van der Waals surface area contributed by atoms with Crippen LogP contribution >= 0.6 is 0 Å². The van der Waals surface area contributed by atoms with Gasteiger partial charge in [-0.25, -0.2) is 17.6 Å². The molecular formula is C16H18F4OSi2. The van der Waals surface area contributed by atoms with Crippen LogP contribution in [-0.2, 0) is 4.12 Å². The van der Waals surface area contributed by atoms with Crippen molar-refractivity contribution in [2.24, 2.45) is 0 Å². The van der Waals surface area contributed by atoms with Gasteiger partial charge in [0, 0.05) is 0 Å². The van der Waals surface area contributed by atoms with Crippen molar-refractivity contribution in [1.29, 1.82) is 0 Å². The van der Waals surface area contributed by atoms with E-state index in [4.69, 9.17) is 4.12 Å². The number of halogens is 4. The summed E-state index contributed by atoms with van der Waals surface area (Å²) < 4.78 is 59.4. The summed E-state index contributed by atoms with van der Waals surface area (Å²) in [6, 6.07) is 7.49. The fourth-order valence-electron chi connectivity index (χ4n) is 2.50. The minimum Gasteiger partial charge on any atom is -0.449 e. The van der Waals surface area contributed by atoms with Gasteiger partial charge in [-0.15, -0.1) is 0 Å². The molecule has 0 unspecified atom stereocenters. The first-order chi connectivity index (χ1) is 10.5. The maximum absolute atomic E-state index is 13.5. The van der Waals surface area contributed by atoms with Gasteiger partial charge >= 0.3 is 0 Å². The molecule has 2 aromatic rings. The molecule has 0 saturated heterocycles. The van der Waals surface area contributed by atoms with Gasteiger partial charge in [0.15, 0.2) is 23.3 Å². The van der Waals surface area contributed by atoms with E-state index < -0.39 is 39.9 Å². The summed E-state index contributed by atoms with van der Waals surface area (Å²) in [6.45, 7) is 7.48. The molecule has 2 aromatic carbocycles. The highest BCUT2D eigenvalue weighted by atomic mass is 28.4. The van der Waals surface area contributed by atoms with Gasteiger partial charge in [-0.3, -0.25) is 0 Å². The van der Waals surface area contributed by atoms with Gasteiger partial charge in [-0.05, 0) is 60.8 Å². The molecule has 0 spiro atoms. The first-order valence-electron chi connectivity index (χ1n) is 7.14. The first-order valence-corrected chi connectivity index (χ1v) is 13.0. The van der Waals surface area contributed by atoms with E-state index in [0.29, 0.717) is 10.4 Å². The van der Waals surface area contributed by atoms with Crippen LogP contribution in [-0.4, -0.2) is 16.6 Å². The minimum absolute atomic E-state index is 0.611. The lowest BCUT2D eigenvalue weighted by Gasteiger charge is -2.34. The number of benzene rings is 2. The van der Waals surface area contributed by atoms with E-state index in [-0.39, 0.29) is 0 Å². The van der Waals surface area contributed by atoms with Crippen LogP contribution in [0.3, 0.4) is 0 Å². The summed E-state index contributed by atoms with van der Waals surface area (Å²) in [5.74, 6) is -3.65. The zero-order chi connectivity index (χ0) is 17.4. The molecule has 0 aliphatic rings. The van der Waals surface area contributed by atoms with E-state index in [1.807, 2.05) is 26.2 Å². The minimum atomic E-state index is -2.54. The molecule has 124 valence electrons. The second kappa shape index (κ2) is 6.22. The van der Waals surface area contributed by atoms with Gasteiger partial charge in [0.25, 0.3) is 0 Å². The van der Waals surface area contributed by atoms with Crippen LogP contribution in [0.2, 0.25) is 26.2 Å². The van der Waals surface area contributed by atoms with Gasteiger partial charge in [-0.1, -0.05) is 12.1 Å². The van der Waals surface area contributed by atoms with Crippen molar-refractivity contribution in [3.63, 3.8) is 0 Å². The molecule has 0 saturated carbocycles. The van der Waals surface area contributed by atoms with Crippen LogP contribution in [0.5, 0.6) is 0 Å². The lowest BCUT2D eigenvalue weighted by molar-refractivity contribution is 0.507. The van der Waals surface area contributed by atoms with E-state index in [0.717, 1.165) is 24.3 Å². The molecule has 23 heavy (non-hydrogen) atoms. The summed E-state index contributed by atoms with van der Waals surface area (Å²) in [7, 11) is -5.09. The Morgan fingerprint density at radius 3 is 1.26 bits per heavy atom. The molecule has 0 bridgehead atoms. The maximum Gasteiger partial charge on any atom is 0.206 e. The predicted molar refractivity (Wildman–Crippen MR) is 88.0 cm³/mol. The van der Waals surface area contributed by atoms with Crippen molar-refractivity contribution in [2.45, 2.75) is 26.2 Å². The van der Waals surface area contributed by atoms with Crippen LogP contribution in [0, 0.1) is 23.3 Å². The van der Waals surface area contributed by atoms with E-state index >= 15 is 0 Å². The molecular weight excluding hydrogens is 340 g/mol. The summed E-state index contributed by atoms with van der Waals surface area (Å²) in [6.07, 6.45) is 0. The summed E-state index contributed by atoms with van der Waals surface area (Å²) in [4.78, 5) is 0. The topological polar surface area (TPSA) is 9.23 Å². The largest absolute Gasteiger partial charge is 0.449 e. The van der Waals surface area contributed by atoms with Gasteiger partial charge in [-0.2, -0.15) is 0 Å². The molecule has 0 radical (unpaired) electrons. The number of hydrogen-bond acceptors (Lipinski definition) is 1. The highest BCUT2D eigenvalue weighted by Gasteiger charge is 2.36. The molecule has 0 fully saturated rings. The molecule has 0 amide bonds. The molecule has 1 nitrogen and oxygen atoms in total. The Bertz CT molecular complexity index is 671. The fourth-order valence-corrected chi connectivity index (χ4v) is 10.5. The lowest BCUT2D eigenvalue weighted by atomic mass is 10.3. The van der Waals surface area contributed by atoms with Gasteiger partial charge < -0.3 is 4.12 Å². The Morgan fingerprint density at radius 2 is 0.957 bits per heavy atom. The van der Waals surface area contributed by atoms with Crippen LogP contribution in [0.4, 0.5) is 17.6 Å². The standard InChI is InChI=1S/C16H18F4OSi2/c1-22(2,11-5-7-13(17)15(19)9-11)21-23(3,4)12-6-8-14(18)16(20)10-12/h5-10H,1-4H3. The van der Waals surface area contributed by atoms with Crippen LogP contribution in [0.15, 0.2) is 36.4 Å². The van der Waals surface area contributed by atoms with E-state index in [9.17, 15) is 17.6 Å². The Morgan fingerprint density at radius 1 is 0.609 bits per heavy atom. The van der Waals surface area contributed by atoms with Crippen molar-refractivity contribution in [2.75, 3.05) is 0 Å². The second-order valence-electron chi connectivity index (χ2n) is 6.38. The van der Waals surface area contributed by atoms with Crippen molar-refractivity contribution >= 4 is 27.0 Å². The summed E-state index contributed by atoms with van der Waals surface area (Å²) in [5, 5.41) is 1.22. The average molecular weight is 358 g/mol. The Kier molecular flexibility index (Phi) is 4.84. The monoisotopic (exact) mass is 358 g/mol. The van der Waals surface area contributed by atoms with Crippen molar-refractivity contribution in [3.05, 3.63) is 59.7 Å². The van der Waals surface area contributed by atoms with Crippen molar-refractivity contribution in [1.82, 2.24) is 0 Å². The van der Waals surface area contributed by atoms with Gasteiger partial charge in [0.2, 0.25) is 16.6 Å². The number of rotatable bonds is 4. The Labute approximate surface area is 135 Å². The SMILES string of the molecule is C[Si](C)(O[Si](C)(C)c1ccc(F)c(F)c1)c1ccc(F)c(F)c1.